The molecular weight excluding hydrogens is 305 g/mol. The first-order valence-corrected chi connectivity index (χ1v) is 6.94. The van der Waals surface area contributed by atoms with Crippen LogP contribution in [-0.4, -0.2) is 16.1 Å². The van der Waals surface area contributed by atoms with Crippen molar-refractivity contribution in [3.05, 3.63) is 64.6 Å². The van der Waals surface area contributed by atoms with Crippen LogP contribution in [0.25, 0.3) is 22.0 Å². The van der Waals surface area contributed by atoms with Crippen molar-refractivity contribution in [1.82, 2.24) is 4.98 Å². The van der Waals surface area contributed by atoms with E-state index in [4.69, 9.17) is 11.6 Å². The van der Waals surface area contributed by atoms with E-state index < -0.39 is 11.8 Å². The number of pyridine rings is 1. The van der Waals surface area contributed by atoms with Gasteiger partial charge in [-0.05, 0) is 48.4 Å². The van der Waals surface area contributed by atoms with E-state index >= 15 is 0 Å². The number of carbonyl (C=O) groups is 1. The van der Waals surface area contributed by atoms with Crippen LogP contribution in [0, 0.1) is 12.7 Å². The fraction of sp³-hybridized carbons (Fsp3) is 0.0588. The number of halogens is 2. The summed E-state index contributed by atoms with van der Waals surface area (Å²) in [7, 11) is 0. The normalized spacial score (nSPS) is 10.9. The molecule has 3 rings (SSSR count). The Hall–Kier alpha value is -2.46. The standard InChI is InChI=1S/C17H11ClFNO2/c1-9-7-10(17(21)22)8-12-11(5-6-20-16(9)12)15-13(18)3-2-4-14(15)19/h2-8H,1H3,(H,21,22). The Labute approximate surface area is 131 Å². The van der Waals surface area contributed by atoms with Crippen LogP contribution >= 0.6 is 11.6 Å². The molecular formula is C17H11ClFNO2. The van der Waals surface area contributed by atoms with Gasteiger partial charge in [-0.1, -0.05) is 17.7 Å². The number of benzene rings is 2. The average molecular weight is 316 g/mol. The van der Waals surface area contributed by atoms with E-state index in [-0.39, 0.29) is 16.1 Å². The maximum Gasteiger partial charge on any atom is 0.335 e. The summed E-state index contributed by atoms with van der Waals surface area (Å²) >= 11 is 6.13. The highest BCUT2D eigenvalue weighted by Crippen LogP contribution is 2.35. The first kappa shape index (κ1) is 14.5. The van der Waals surface area contributed by atoms with Crippen molar-refractivity contribution in [1.29, 1.82) is 0 Å². The molecule has 22 heavy (non-hydrogen) atoms. The number of aryl methyl sites for hydroxylation is 1. The van der Waals surface area contributed by atoms with Gasteiger partial charge in [0.25, 0.3) is 0 Å². The fourth-order valence-corrected chi connectivity index (χ4v) is 2.79. The predicted molar refractivity (Wildman–Crippen MR) is 83.8 cm³/mol. The Balaban J connectivity index is 2.42. The largest absolute Gasteiger partial charge is 0.478 e. The molecule has 1 N–H and O–H groups in total. The summed E-state index contributed by atoms with van der Waals surface area (Å²) < 4.78 is 14.2. The van der Waals surface area contributed by atoms with Gasteiger partial charge in [-0.2, -0.15) is 0 Å². The quantitative estimate of drug-likeness (QED) is 0.745. The molecule has 0 aliphatic rings. The molecule has 1 heterocycles. The maximum atomic E-state index is 14.2. The monoisotopic (exact) mass is 315 g/mol. The molecule has 0 unspecified atom stereocenters. The van der Waals surface area contributed by atoms with Crippen molar-refractivity contribution in [3.8, 4) is 11.1 Å². The average Bonchev–Trinajstić information content (AvgIpc) is 2.47. The first-order valence-electron chi connectivity index (χ1n) is 6.56. The van der Waals surface area contributed by atoms with Crippen molar-refractivity contribution < 1.29 is 14.3 Å². The van der Waals surface area contributed by atoms with Gasteiger partial charge >= 0.3 is 5.97 Å². The second-order valence-electron chi connectivity index (χ2n) is 4.95. The third kappa shape index (κ3) is 2.31. The number of rotatable bonds is 2. The van der Waals surface area contributed by atoms with Gasteiger partial charge in [-0.15, -0.1) is 0 Å². The molecule has 110 valence electrons. The van der Waals surface area contributed by atoms with Gasteiger partial charge in [0.2, 0.25) is 0 Å². The SMILES string of the molecule is Cc1cc(C(=O)O)cc2c(-c3c(F)cccc3Cl)ccnc12. The molecule has 0 aliphatic carbocycles. The second-order valence-corrected chi connectivity index (χ2v) is 5.36. The van der Waals surface area contributed by atoms with Gasteiger partial charge in [0.1, 0.15) is 5.82 Å². The first-order chi connectivity index (χ1) is 10.5. The van der Waals surface area contributed by atoms with E-state index in [2.05, 4.69) is 4.98 Å². The highest BCUT2D eigenvalue weighted by Gasteiger charge is 2.16. The number of aromatic nitrogens is 1. The molecule has 0 saturated carbocycles. The second kappa shape index (κ2) is 5.39. The van der Waals surface area contributed by atoms with Crippen LogP contribution in [0.2, 0.25) is 5.02 Å². The Kier molecular flexibility index (Phi) is 3.54. The zero-order chi connectivity index (χ0) is 15.9. The summed E-state index contributed by atoms with van der Waals surface area (Å²) in [5.74, 6) is -1.50. The minimum absolute atomic E-state index is 0.131. The van der Waals surface area contributed by atoms with Crippen LogP contribution in [0.15, 0.2) is 42.6 Å². The highest BCUT2D eigenvalue weighted by atomic mass is 35.5. The van der Waals surface area contributed by atoms with Crippen molar-refractivity contribution in [3.63, 3.8) is 0 Å². The topological polar surface area (TPSA) is 50.2 Å². The molecule has 1 aromatic heterocycles. The van der Waals surface area contributed by atoms with E-state index in [0.717, 1.165) is 0 Å². The number of carboxylic acid groups (broad SMARTS) is 1. The molecule has 0 amide bonds. The minimum atomic E-state index is -1.04. The molecule has 3 nitrogen and oxygen atoms in total. The Morgan fingerprint density at radius 2 is 2.05 bits per heavy atom. The lowest BCUT2D eigenvalue weighted by atomic mass is 9.97. The Bertz CT molecular complexity index is 888. The van der Waals surface area contributed by atoms with Crippen LogP contribution < -0.4 is 0 Å². The summed E-state index contributed by atoms with van der Waals surface area (Å²) in [5, 5.41) is 10.1. The number of fused-ring (bicyclic) bond motifs is 1. The van der Waals surface area contributed by atoms with Crippen LogP contribution in [0.1, 0.15) is 15.9 Å². The highest BCUT2D eigenvalue weighted by molar-refractivity contribution is 6.33. The number of nitrogens with zero attached hydrogens (tertiary/aromatic N) is 1. The molecule has 0 saturated heterocycles. The summed E-state index contributed by atoms with van der Waals surface area (Å²) in [6.07, 6.45) is 1.56. The van der Waals surface area contributed by atoms with Crippen molar-refractivity contribution in [2.75, 3.05) is 0 Å². The molecule has 0 spiro atoms. The zero-order valence-electron chi connectivity index (χ0n) is 11.6. The summed E-state index contributed by atoms with van der Waals surface area (Å²) in [6, 6.07) is 9.12. The predicted octanol–water partition coefficient (Wildman–Crippen LogP) is 4.70. The maximum absolute atomic E-state index is 14.2. The van der Waals surface area contributed by atoms with E-state index in [9.17, 15) is 14.3 Å². The summed E-state index contributed by atoms with van der Waals surface area (Å²) in [4.78, 5) is 15.5. The molecule has 0 fully saturated rings. The van der Waals surface area contributed by atoms with E-state index in [0.29, 0.717) is 22.0 Å². The van der Waals surface area contributed by atoms with Crippen molar-refractivity contribution in [2.45, 2.75) is 6.92 Å². The van der Waals surface area contributed by atoms with Crippen LogP contribution in [0.5, 0.6) is 0 Å². The summed E-state index contributed by atoms with van der Waals surface area (Å²) in [6.45, 7) is 1.77. The molecule has 0 aliphatic heterocycles. The number of aromatic carboxylic acids is 1. The molecule has 5 heteroatoms. The molecule has 0 atom stereocenters. The van der Waals surface area contributed by atoms with Crippen LogP contribution in [0.4, 0.5) is 4.39 Å². The van der Waals surface area contributed by atoms with Gasteiger partial charge in [0.15, 0.2) is 0 Å². The third-order valence-electron chi connectivity index (χ3n) is 3.51. The minimum Gasteiger partial charge on any atom is -0.478 e. The lowest BCUT2D eigenvalue weighted by Crippen LogP contribution is -1.99. The zero-order valence-corrected chi connectivity index (χ0v) is 12.4. The van der Waals surface area contributed by atoms with Crippen LogP contribution in [0.3, 0.4) is 0 Å². The smallest absolute Gasteiger partial charge is 0.335 e. The van der Waals surface area contributed by atoms with E-state index in [1.54, 1.807) is 31.3 Å². The third-order valence-corrected chi connectivity index (χ3v) is 3.83. The fourth-order valence-electron chi connectivity index (χ4n) is 2.53. The Morgan fingerprint density at radius 3 is 2.73 bits per heavy atom. The van der Waals surface area contributed by atoms with Gasteiger partial charge in [-0.3, -0.25) is 4.98 Å². The van der Waals surface area contributed by atoms with Crippen molar-refractivity contribution in [2.24, 2.45) is 0 Å². The number of hydrogen-bond acceptors (Lipinski definition) is 2. The van der Waals surface area contributed by atoms with Gasteiger partial charge in [-0.25, -0.2) is 9.18 Å². The lowest BCUT2D eigenvalue weighted by molar-refractivity contribution is 0.0697. The number of hydrogen-bond donors (Lipinski definition) is 1. The van der Waals surface area contributed by atoms with Gasteiger partial charge in [0, 0.05) is 17.1 Å². The van der Waals surface area contributed by atoms with Gasteiger partial charge < -0.3 is 5.11 Å². The molecule has 3 aromatic rings. The Morgan fingerprint density at radius 1 is 1.27 bits per heavy atom. The molecule has 0 radical (unpaired) electrons. The lowest BCUT2D eigenvalue weighted by Gasteiger charge is -2.11. The van der Waals surface area contributed by atoms with Crippen LogP contribution in [-0.2, 0) is 0 Å². The molecule has 2 aromatic carbocycles. The van der Waals surface area contributed by atoms with Gasteiger partial charge in [0.05, 0.1) is 16.1 Å². The van der Waals surface area contributed by atoms with Crippen molar-refractivity contribution >= 4 is 28.5 Å². The summed E-state index contributed by atoms with van der Waals surface area (Å²) in [5.41, 5.74) is 2.25. The molecule has 0 bridgehead atoms. The van der Waals surface area contributed by atoms with E-state index in [1.165, 1.54) is 18.2 Å². The number of carboxylic acids is 1. The van der Waals surface area contributed by atoms with E-state index in [1.807, 2.05) is 0 Å².